The molecule has 0 spiro atoms. The Bertz CT molecular complexity index is 842. The highest BCUT2D eigenvalue weighted by Crippen LogP contribution is 2.31. The van der Waals surface area contributed by atoms with Gasteiger partial charge in [0.25, 0.3) is 5.56 Å². The minimum Gasteiger partial charge on any atom is -0.444 e. The molecule has 1 aliphatic carbocycles. The number of hydrogen-bond acceptors (Lipinski definition) is 5. The molecule has 0 atom stereocenters. The highest BCUT2D eigenvalue weighted by atomic mass is 16.5. The molecule has 0 aliphatic heterocycles. The third-order valence-electron chi connectivity index (χ3n) is 4.75. The van der Waals surface area contributed by atoms with Gasteiger partial charge in [0, 0.05) is 5.92 Å². The largest absolute Gasteiger partial charge is 0.444 e. The summed E-state index contributed by atoms with van der Waals surface area (Å²) in [5, 5.41) is 2.44. The van der Waals surface area contributed by atoms with Crippen molar-refractivity contribution in [1.82, 2.24) is 9.55 Å². The first-order valence-electron chi connectivity index (χ1n) is 9.20. The van der Waals surface area contributed by atoms with Crippen LogP contribution in [0, 0.1) is 0 Å². The summed E-state index contributed by atoms with van der Waals surface area (Å²) in [7, 11) is 0. The van der Waals surface area contributed by atoms with E-state index in [0.29, 0.717) is 12.1 Å². The van der Waals surface area contributed by atoms with Crippen molar-refractivity contribution in [3.05, 3.63) is 58.3 Å². The van der Waals surface area contributed by atoms with Crippen molar-refractivity contribution in [3.63, 3.8) is 0 Å². The third-order valence-corrected chi connectivity index (χ3v) is 4.75. The monoisotopic (exact) mass is 369 g/mol. The fourth-order valence-electron chi connectivity index (χ4n) is 3.40. The van der Waals surface area contributed by atoms with E-state index in [1.54, 1.807) is 0 Å². The fourth-order valence-corrected chi connectivity index (χ4v) is 3.40. The Morgan fingerprint density at radius 3 is 2.67 bits per heavy atom. The predicted octanol–water partition coefficient (Wildman–Crippen LogP) is 3.24. The molecule has 0 unspecified atom stereocenters. The highest BCUT2D eigenvalue weighted by molar-refractivity contribution is 5.84. The average molecular weight is 369 g/mol. The molecule has 3 rings (SSSR count). The minimum absolute atomic E-state index is 0.00877. The maximum absolute atomic E-state index is 12.7. The van der Waals surface area contributed by atoms with Crippen molar-refractivity contribution in [2.45, 2.75) is 51.2 Å². The van der Waals surface area contributed by atoms with E-state index in [9.17, 15) is 14.4 Å². The molecule has 0 radical (unpaired) electrons. The Hall–Kier alpha value is -2.96. The number of carbonyl (C=O) groups is 2. The zero-order valence-electron chi connectivity index (χ0n) is 15.1. The van der Waals surface area contributed by atoms with Crippen LogP contribution in [-0.2, 0) is 22.7 Å². The van der Waals surface area contributed by atoms with Gasteiger partial charge in [-0.15, -0.1) is 0 Å². The van der Waals surface area contributed by atoms with Gasteiger partial charge in [0.2, 0.25) is 0 Å². The molecule has 1 N–H and O–H groups in total. The number of anilines is 1. The van der Waals surface area contributed by atoms with Crippen molar-refractivity contribution in [1.29, 1.82) is 0 Å². The van der Waals surface area contributed by atoms with Crippen LogP contribution in [0.1, 0.15) is 49.4 Å². The maximum Gasteiger partial charge on any atom is 0.412 e. The number of benzene rings is 1. The molecule has 0 bridgehead atoms. The van der Waals surface area contributed by atoms with E-state index in [1.807, 2.05) is 30.3 Å². The lowest BCUT2D eigenvalue weighted by atomic mass is 9.88. The van der Waals surface area contributed by atoms with E-state index in [-0.39, 0.29) is 24.8 Å². The number of nitrogens with one attached hydrogen (secondary N) is 1. The standard InChI is InChI=1S/C20H23N3O4/c24-12-11-23-18(16-9-5-2-6-10-16)21-13-17(19(23)25)22-20(26)27-14-15-7-3-1-4-8-15/h1,3-4,7-8,12-13,16H,2,5-6,9-11,14H2,(H,22,26). The van der Waals surface area contributed by atoms with E-state index in [2.05, 4.69) is 10.3 Å². The molecule has 1 aromatic carbocycles. The van der Waals surface area contributed by atoms with Crippen LogP contribution in [0.25, 0.3) is 0 Å². The molecule has 142 valence electrons. The average Bonchev–Trinajstić information content (AvgIpc) is 2.71. The number of aldehydes is 1. The Morgan fingerprint density at radius 1 is 1.22 bits per heavy atom. The van der Waals surface area contributed by atoms with Gasteiger partial charge in [-0.05, 0) is 18.4 Å². The maximum atomic E-state index is 12.7. The number of nitrogens with zero attached hydrogens (tertiary/aromatic N) is 2. The zero-order chi connectivity index (χ0) is 19.1. The highest BCUT2D eigenvalue weighted by Gasteiger charge is 2.22. The van der Waals surface area contributed by atoms with Crippen LogP contribution in [-0.4, -0.2) is 21.9 Å². The summed E-state index contributed by atoms with van der Waals surface area (Å²) in [6, 6.07) is 9.25. The number of aromatic nitrogens is 2. The lowest BCUT2D eigenvalue weighted by Gasteiger charge is -2.23. The fraction of sp³-hybridized carbons (Fsp3) is 0.400. The molecule has 7 heteroatoms. The van der Waals surface area contributed by atoms with Crippen molar-refractivity contribution in [2.75, 3.05) is 5.32 Å². The summed E-state index contributed by atoms with van der Waals surface area (Å²) in [6.45, 7) is 0.0229. The smallest absolute Gasteiger partial charge is 0.412 e. The first kappa shape index (κ1) is 18.8. The van der Waals surface area contributed by atoms with Gasteiger partial charge in [0.05, 0.1) is 12.7 Å². The van der Waals surface area contributed by atoms with Crippen LogP contribution < -0.4 is 10.9 Å². The summed E-state index contributed by atoms with van der Waals surface area (Å²) < 4.78 is 6.49. The van der Waals surface area contributed by atoms with Gasteiger partial charge >= 0.3 is 6.09 Å². The summed E-state index contributed by atoms with van der Waals surface area (Å²) in [6.07, 6.45) is 6.57. The van der Waals surface area contributed by atoms with E-state index < -0.39 is 11.7 Å². The summed E-state index contributed by atoms with van der Waals surface area (Å²) in [4.78, 5) is 40.2. The Balaban J connectivity index is 1.73. The Morgan fingerprint density at radius 2 is 1.96 bits per heavy atom. The molecule has 1 amide bonds. The first-order valence-corrected chi connectivity index (χ1v) is 9.20. The molecule has 1 saturated carbocycles. The molecule has 1 heterocycles. The van der Waals surface area contributed by atoms with E-state index >= 15 is 0 Å². The van der Waals surface area contributed by atoms with Gasteiger partial charge in [-0.3, -0.25) is 14.7 Å². The molecule has 7 nitrogen and oxygen atoms in total. The number of rotatable bonds is 6. The van der Waals surface area contributed by atoms with Crippen molar-refractivity contribution in [2.24, 2.45) is 0 Å². The van der Waals surface area contributed by atoms with Gasteiger partial charge in [0.1, 0.15) is 24.4 Å². The number of ether oxygens (including phenoxy) is 1. The van der Waals surface area contributed by atoms with Gasteiger partial charge in [-0.1, -0.05) is 49.6 Å². The van der Waals surface area contributed by atoms with Crippen LogP contribution in [0.4, 0.5) is 10.5 Å². The lowest BCUT2D eigenvalue weighted by Crippen LogP contribution is -2.31. The second-order valence-electron chi connectivity index (χ2n) is 6.63. The molecule has 0 saturated heterocycles. The second kappa shape index (κ2) is 9.12. The third kappa shape index (κ3) is 4.81. The molecule has 1 aromatic heterocycles. The van der Waals surface area contributed by atoms with Crippen molar-refractivity contribution < 1.29 is 14.3 Å². The van der Waals surface area contributed by atoms with Gasteiger partial charge in [-0.25, -0.2) is 9.78 Å². The zero-order valence-corrected chi connectivity index (χ0v) is 15.1. The summed E-state index contributed by atoms with van der Waals surface area (Å²) >= 11 is 0. The van der Waals surface area contributed by atoms with Crippen molar-refractivity contribution in [3.8, 4) is 0 Å². The van der Waals surface area contributed by atoms with Gasteiger partial charge in [0.15, 0.2) is 0 Å². The van der Waals surface area contributed by atoms with Crippen LogP contribution >= 0.6 is 0 Å². The molecular weight excluding hydrogens is 346 g/mol. The number of hydrogen-bond donors (Lipinski definition) is 1. The second-order valence-corrected chi connectivity index (χ2v) is 6.63. The molecule has 1 aliphatic rings. The Labute approximate surface area is 157 Å². The van der Waals surface area contributed by atoms with E-state index in [1.165, 1.54) is 17.2 Å². The van der Waals surface area contributed by atoms with Crippen LogP contribution in [0.5, 0.6) is 0 Å². The SMILES string of the molecule is O=CCn1c(C2CCCCC2)ncc(NC(=O)OCc2ccccc2)c1=O. The van der Waals surface area contributed by atoms with Gasteiger partial charge in [-0.2, -0.15) is 0 Å². The van der Waals surface area contributed by atoms with E-state index in [4.69, 9.17) is 4.74 Å². The molecule has 2 aromatic rings. The van der Waals surface area contributed by atoms with Gasteiger partial charge < -0.3 is 9.53 Å². The van der Waals surface area contributed by atoms with Crippen LogP contribution in [0.3, 0.4) is 0 Å². The minimum atomic E-state index is -0.735. The molecule has 1 fully saturated rings. The van der Waals surface area contributed by atoms with E-state index in [0.717, 1.165) is 31.2 Å². The lowest BCUT2D eigenvalue weighted by molar-refractivity contribution is -0.108. The summed E-state index contributed by atoms with van der Waals surface area (Å²) in [5.74, 6) is 0.792. The summed E-state index contributed by atoms with van der Waals surface area (Å²) in [5.41, 5.74) is 0.417. The normalized spacial score (nSPS) is 14.5. The topological polar surface area (TPSA) is 90.3 Å². The number of amides is 1. The quantitative estimate of drug-likeness (QED) is 0.790. The molecular formula is C20H23N3O4. The molecule has 27 heavy (non-hydrogen) atoms. The predicted molar refractivity (Wildman–Crippen MR) is 101 cm³/mol. The Kier molecular flexibility index (Phi) is 6.35. The van der Waals surface area contributed by atoms with Crippen LogP contribution in [0.15, 0.2) is 41.3 Å². The number of carbonyl (C=O) groups excluding carboxylic acids is 2. The van der Waals surface area contributed by atoms with Crippen LogP contribution in [0.2, 0.25) is 0 Å². The first-order chi connectivity index (χ1) is 13.2. The van der Waals surface area contributed by atoms with Crippen molar-refractivity contribution >= 4 is 18.1 Å².